The molecule has 0 spiro atoms. The van der Waals surface area contributed by atoms with E-state index in [4.69, 9.17) is 0 Å². The van der Waals surface area contributed by atoms with Crippen molar-refractivity contribution in [1.82, 2.24) is 14.8 Å². The summed E-state index contributed by atoms with van der Waals surface area (Å²) in [5, 5.41) is 3.15. The van der Waals surface area contributed by atoms with Crippen molar-refractivity contribution < 1.29 is 4.79 Å². The van der Waals surface area contributed by atoms with Crippen LogP contribution in [0.25, 0.3) is 0 Å². The highest BCUT2D eigenvalue weighted by molar-refractivity contribution is 5.94. The van der Waals surface area contributed by atoms with E-state index in [-0.39, 0.29) is 5.91 Å². The van der Waals surface area contributed by atoms with E-state index >= 15 is 0 Å². The zero-order valence-corrected chi connectivity index (χ0v) is 12.9. The van der Waals surface area contributed by atoms with Crippen LogP contribution in [-0.4, -0.2) is 59.5 Å². The van der Waals surface area contributed by atoms with Crippen LogP contribution in [0, 0.1) is 0 Å². The van der Waals surface area contributed by atoms with Crippen LogP contribution in [0.1, 0.15) is 36.5 Å². The van der Waals surface area contributed by atoms with Gasteiger partial charge in [-0.1, -0.05) is 0 Å². The van der Waals surface area contributed by atoms with E-state index in [2.05, 4.69) is 22.2 Å². The minimum atomic E-state index is 0.117. The van der Waals surface area contributed by atoms with Crippen molar-refractivity contribution in [1.29, 1.82) is 0 Å². The van der Waals surface area contributed by atoms with E-state index in [0.29, 0.717) is 17.6 Å². The third kappa shape index (κ3) is 2.88. The van der Waals surface area contributed by atoms with Gasteiger partial charge in [0.2, 0.25) is 0 Å². The zero-order chi connectivity index (χ0) is 14.8. The number of aromatic nitrogens is 1. The molecule has 2 aliphatic rings. The number of pyridine rings is 1. The Morgan fingerprint density at radius 1 is 1.33 bits per heavy atom. The largest absolute Gasteiger partial charge is 0.370 e. The van der Waals surface area contributed by atoms with Crippen molar-refractivity contribution in [2.24, 2.45) is 0 Å². The van der Waals surface area contributed by atoms with Crippen LogP contribution >= 0.6 is 0 Å². The second kappa shape index (κ2) is 6.02. The van der Waals surface area contributed by atoms with Crippen molar-refractivity contribution >= 4 is 11.7 Å². The molecule has 2 atom stereocenters. The zero-order valence-electron chi connectivity index (χ0n) is 12.9. The first-order valence-corrected chi connectivity index (χ1v) is 7.90. The molecule has 0 saturated carbocycles. The molecular weight excluding hydrogens is 264 g/mol. The average Bonchev–Trinajstić information content (AvgIpc) is 2.73. The SMILES string of the molecule is CCNc1ccc(C(=O)N2CCC3CCC(C2)N3C)cn1. The first kappa shape index (κ1) is 14.3. The van der Waals surface area contributed by atoms with Gasteiger partial charge in [0.1, 0.15) is 5.82 Å². The Morgan fingerprint density at radius 2 is 2.14 bits per heavy atom. The fourth-order valence-electron chi connectivity index (χ4n) is 3.48. The maximum Gasteiger partial charge on any atom is 0.255 e. The molecule has 3 heterocycles. The minimum absolute atomic E-state index is 0.117. The van der Waals surface area contributed by atoms with Gasteiger partial charge in [0, 0.05) is 37.9 Å². The number of amides is 1. The summed E-state index contributed by atoms with van der Waals surface area (Å²) in [5.41, 5.74) is 0.692. The van der Waals surface area contributed by atoms with Gasteiger partial charge in [-0.3, -0.25) is 9.69 Å². The molecule has 0 radical (unpaired) electrons. The number of likely N-dealkylation sites (tertiary alicyclic amines) is 1. The smallest absolute Gasteiger partial charge is 0.255 e. The highest BCUT2D eigenvalue weighted by atomic mass is 16.2. The fraction of sp³-hybridized carbons (Fsp3) is 0.625. The molecule has 0 aliphatic carbocycles. The van der Waals surface area contributed by atoms with E-state index in [9.17, 15) is 4.79 Å². The van der Waals surface area contributed by atoms with E-state index in [1.807, 2.05) is 24.0 Å². The lowest BCUT2D eigenvalue weighted by atomic mass is 10.1. The van der Waals surface area contributed by atoms with Gasteiger partial charge in [0.05, 0.1) is 5.56 Å². The molecule has 5 nitrogen and oxygen atoms in total. The Hall–Kier alpha value is -1.62. The van der Waals surface area contributed by atoms with Gasteiger partial charge in [0.15, 0.2) is 0 Å². The highest BCUT2D eigenvalue weighted by Crippen LogP contribution is 2.29. The van der Waals surface area contributed by atoms with Crippen LogP contribution in [0.5, 0.6) is 0 Å². The van der Waals surface area contributed by atoms with Crippen molar-refractivity contribution in [3.05, 3.63) is 23.9 Å². The summed E-state index contributed by atoms with van der Waals surface area (Å²) in [6.07, 6.45) is 5.26. The Labute approximate surface area is 126 Å². The number of likely N-dealkylation sites (N-methyl/N-ethyl adjacent to an activating group) is 1. The van der Waals surface area contributed by atoms with Gasteiger partial charge in [0.25, 0.3) is 5.91 Å². The number of rotatable bonds is 3. The predicted octanol–water partition coefficient (Wildman–Crippen LogP) is 1.82. The number of hydrogen-bond donors (Lipinski definition) is 1. The van der Waals surface area contributed by atoms with E-state index in [1.54, 1.807) is 6.20 Å². The summed E-state index contributed by atoms with van der Waals surface area (Å²) in [7, 11) is 2.20. The third-order valence-electron chi connectivity index (χ3n) is 4.80. The first-order valence-electron chi connectivity index (χ1n) is 7.90. The molecule has 2 bridgehead atoms. The van der Waals surface area contributed by atoms with Gasteiger partial charge >= 0.3 is 0 Å². The standard InChI is InChI=1S/C16H24N4O/c1-3-17-15-7-4-12(10-18-15)16(21)20-9-8-13-5-6-14(11-20)19(13)2/h4,7,10,13-14H,3,5-6,8-9,11H2,1-2H3,(H,17,18). The van der Waals surface area contributed by atoms with Crippen LogP contribution in [-0.2, 0) is 0 Å². The Bertz CT molecular complexity index is 502. The number of nitrogens with one attached hydrogen (secondary N) is 1. The third-order valence-corrected chi connectivity index (χ3v) is 4.80. The lowest BCUT2D eigenvalue weighted by Crippen LogP contribution is -2.39. The molecule has 21 heavy (non-hydrogen) atoms. The van der Waals surface area contributed by atoms with Crippen LogP contribution in [0.15, 0.2) is 18.3 Å². The van der Waals surface area contributed by atoms with Gasteiger partial charge in [-0.2, -0.15) is 0 Å². The topological polar surface area (TPSA) is 48.5 Å². The molecule has 114 valence electrons. The van der Waals surface area contributed by atoms with Crippen LogP contribution < -0.4 is 5.32 Å². The van der Waals surface area contributed by atoms with E-state index in [1.165, 1.54) is 12.8 Å². The van der Waals surface area contributed by atoms with E-state index in [0.717, 1.165) is 31.9 Å². The predicted molar refractivity (Wildman–Crippen MR) is 83.5 cm³/mol. The maximum atomic E-state index is 12.7. The van der Waals surface area contributed by atoms with Crippen molar-refractivity contribution in [2.45, 2.75) is 38.3 Å². The second-order valence-electron chi connectivity index (χ2n) is 6.05. The number of nitrogens with zero attached hydrogens (tertiary/aromatic N) is 3. The van der Waals surface area contributed by atoms with Gasteiger partial charge in [-0.25, -0.2) is 4.98 Å². The summed E-state index contributed by atoms with van der Waals surface area (Å²) in [4.78, 5) is 21.4. The maximum absolute atomic E-state index is 12.7. The molecule has 1 N–H and O–H groups in total. The summed E-state index contributed by atoms with van der Waals surface area (Å²) in [6, 6.07) is 4.94. The Morgan fingerprint density at radius 3 is 2.86 bits per heavy atom. The Kier molecular flexibility index (Phi) is 4.10. The van der Waals surface area contributed by atoms with Gasteiger partial charge < -0.3 is 10.2 Å². The molecule has 0 aromatic carbocycles. The molecule has 2 saturated heterocycles. The summed E-state index contributed by atoms with van der Waals surface area (Å²) < 4.78 is 0. The normalized spacial score (nSPS) is 25.7. The number of anilines is 1. The quantitative estimate of drug-likeness (QED) is 0.922. The van der Waals surface area contributed by atoms with Crippen LogP contribution in [0.2, 0.25) is 0 Å². The van der Waals surface area contributed by atoms with Crippen LogP contribution in [0.3, 0.4) is 0 Å². The first-order chi connectivity index (χ1) is 10.2. The van der Waals surface area contributed by atoms with Gasteiger partial charge in [-0.05, 0) is 45.4 Å². The number of fused-ring (bicyclic) bond motifs is 2. The van der Waals surface area contributed by atoms with Crippen molar-refractivity contribution in [3.8, 4) is 0 Å². The van der Waals surface area contributed by atoms with Crippen molar-refractivity contribution in [3.63, 3.8) is 0 Å². The number of carbonyl (C=O) groups excluding carboxylic acids is 1. The Balaban J connectivity index is 1.70. The van der Waals surface area contributed by atoms with Crippen LogP contribution in [0.4, 0.5) is 5.82 Å². The minimum Gasteiger partial charge on any atom is -0.370 e. The second-order valence-corrected chi connectivity index (χ2v) is 6.05. The number of hydrogen-bond acceptors (Lipinski definition) is 4. The van der Waals surface area contributed by atoms with Crippen molar-refractivity contribution in [2.75, 3.05) is 32.0 Å². The average molecular weight is 288 g/mol. The molecule has 1 amide bonds. The number of carbonyl (C=O) groups is 1. The molecule has 3 rings (SSSR count). The van der Waals surface area contributed by atoms with E-state index < -0.39 is 0 Å². The molecule has 1 aromatic rings. The highest BCUT2D eigenvalue weighted by Gasteiger charge is 2.36. The lowest BCUT2D eigenvalue weighted by Gasteiger charge is -2.25. The molecule has 2 aliphatic heterocycles. The monoisotopic (exact) mass is 288 g/mol. The lowest BCUT2D eigenvalue weighted by molar-refractivity contribution is 0.0740. The summed E-state index contributed by atoms with van der Waals surface area (Å²) in [5.74, 6) is 0.940. The molecule has 2 fully saturated rings. The van der Waals surface area contributed by atoms with Gasteiger partial charge in [-0.15, -0.1) is 0 Å². The summed E-state index contributed by atoms with van der Waals surface area (Å²) >= 11 is 0. The molecule has 1 aromatic heterocycles. The summed E-state index contributed by atoms with van der Waals surface area (Å²) in [6.45, 7) is 4.57. The molecule has 5 heteroatoms. The molecule has 2 unspecified atom stereocenters. The molecular formula is C16H24N4O. The fourth-order valence-corrected chi connectivity index (χ4v) is 3.48.